The molecule has 2 rings (SSSR count). The maximum Gasteiger partial charge on any atom is 0.389 e. The smallest absolute Gasteiger partial charge is 0.339 e. The third-order valence-electron chi connectivity index (χ3n) is 2.73. The first-order chi connectivity index (χ1) is 8.04. The Balaban J connectivity index is 1.91. The molecule has 0 amide bonds. The Morgan fingerprint density at radius 2 is 2.18 bits per heavy atom. The van der Waals surface area contributed by atoms with Crippen LogP contribution in [-0.2, 0) is 6.42 Å². The highest BCUT2D eigenvalue weighted by atomic mass is 19.4. The first-order valence-electron chi connectivity index (χ1n) is 5.67. The summed E-state index contributed by atoms with van der Waals surface area (Å²) in [7, 11) is 0. The van der Waals surface area contributed by atoms with Gasteiger partial charge in [0.1, 0.15) is 0 Å². The van der Waals surface area contributed by atoms with E-state index in [1.807, 2.05) is 0 Å². The van der Waals surface area contributed by atoms with Gasteiger partial charge < -0.3 is 9.84 Å². The Kier molecular flexibility index (Phi) is 3.66. The molecule has 1 aromatic heterocycles. The molecule has 2 heterocycles. The fourth-order valence-corrected chi connectivity index (χ4v) is 1.83. The third kappa shape index (κ3) is 3.69. The van der Waals surface area contributed by atoms with Crippen molar-refractivity contribution in [1.29, 1.82) is 0 Å². The van der Waals surface area contributed by atoms with E-state index in [-0.39, 0.29) is 18.4 Å². The maximum atomic E-state index is 12.0. The van der Waals surface area contributed by atoms with Crippen molar-refractivity contribution in [3.63, 3.8) is 0 Å². The van der Waals surface area contributed by atoms with Crippen LogP contribution in [0.5, 0.6) is 0 Å². The average Bonchev–Trinajstić information content (AvgIpc) is 2.75. The van der Waals surface area contributed by atoms with E-state index in [2.05, 4.69) is 15.5 Å². The molecule has 96 valence electrons. The van der Waals surface area contributed by atoms with Crippen molar-refractivity contribution >= 4 is 0 Å². The van der Waals surface area contributed by atoms with Gasteiger partial charge in [-0.05, 0) is 19.4 Å². The second kappa shape index (κ2) is 5.03. The Labute approximate surface area is 96.6 Å². The average molecular weight is 249 g/mol. The van der Waals surface area contributed by atoms with Crippen LogP contribution in [0.1, 0.15) is 43.4 Å². The third-order valence-corrected chi connectivity index (χ3v) is 2.73. The maximum absolute atomic E-state index is 12.0. The van der Waals surface area contributed by atoms with E-state index in [1.54, 1.807) is 0 Å². The molecule has 0 bridgehead atoms. The summed E-state index contributed by atoms with van der Waals surface area (Å²) in [6.45, 7) is 0.886. The zero-order valence-electron chi connectivity index (χ0n) is 9.26. The quantitative estimate of drug-likeness (QED) is 0.893. The van der Waals surface area contributed by atoms with Gasteiger partial charge in [-0.15, -0.1) is 0 Å². The van der Waals surface area contributed by atoms with Crippen LogP contribution in [0, 0.1) is 0 Å². The van der Waals surface area contributed by atoms with E-state index >= 15 is 0 Å². The van der Waals surface area contributed by atoms with E-state index in [0.717, 1.165) is 25.8 Å². The van der Waals surface area contributed by atoms with Crippen molar-refractivity contribution in [2.75, 3.05) is 6.54 Å². The molecule has 17 heavy (non-hydrogen) atoms. The molecular formula is C10H14F3N3O. The number of aromatic nitrogens is 2. The number of halogens is 3. The lowest BCUT2D eigenvalue weighted by Gasteiger charge is -2.19. The predicted molar refractivity (Wildman–Crippen MR) is 53.3 cm³/mol. The molecule has 1 saturated heterocycles. The summed E-state index contributed by atoms with van der Waals surface area (Å²) in [6.07, 6.45) is -2.27. The second-order valence-electron chi connectivity index (χ2n) is 4.16. The Hall–Kier alpha value is -1.11. The topological polar surface area (TPSA) is 51.0 Å². The number of nitrogens with one attached hydrogen (secondary N) is 1. The van der Waals surface area contributed by atoms with Crippen molar-refractivity contribution in [2.24, 2.45) is 0 Å². The molecule has 1 aliphatic rings. The number of hydrogen-bond donors (Lipinski definition) is 1. The summed E-state index contributed by atoms with van der Waals surface area (Å²) < 4.78 is 40.8. The van der Waals surface area contributed by atoms with Crippen LogP contribution in [0.3, 0.4) is 0 Å². The van der Waals surface area contributed by atoms with Crippen LogP contribution in [-0.4, -0.2) is 22.9 Å². The van der Waals surface area contributed by atoms with Gasteiger partial charge in [-0.2, -0.15) is 18.2 Å². The minimum atomic E-state index is -4.18. The van der Waals surface area contributed by atoms with Crippen LogP contribution in [0.4, 0.5) is 13.2 Å². The monoisotopic (exact) mass is 249 g/mol. The van der Waals surface area contributed by atoms with E-state index in [1.165, 1.54) is 0 Å². The van der Waals surface area contributed by atoms with Gasteiger partial charge in [0.2, 0.25) is 5.89 Å². The van der Waals surface area contributed by atoms with Crippen LogP contribution >= 0.6 is 0 Å². The number of piperidine rings is 1. The summed E-state index contributed by atoms with van der Waals surface area (Å²) in [6, 6.07) is 0.0205. The van der Waals surface area contributed by atoms with E-state index in [4.69, 9.17) is 4.52 Å². The van der Waals surface area contributed by atoms with Gasteiger partial charge in [-0.1, -0.05) is 11.6 Å². The first-order valence-corrected chi connectivity index (χ1v) is 5.67. The number of hydrogen-bond acceptors (Lipinski definition) is 4. The van der Waals surface area contributed by atoms with Gasteiger partial charge in [0.25, 0.3) is 0 Å². The molecule has 0 radical (unpaired) electrons. The highest BCUT2D eigenvalue weighted by Crippen LogP contribution is 2.23. The largest absolute Gasteiger partial charge is 0.389 e. The lowest BCUT2D eigenvalue weighted by atomic mass is 10.0. The normalized spacial score (nSPS) is 21.7. The van der Waals surface area contributed by atoms with Gasteiger partial charge in [-0.25, -0.2) is 0 Å². The first kappa shape index (κ1) is 12.3. The van der Waals surface area contributed by atoms with Crippen LogP contribution in [0.25, 0.3) is 0 Å². The summed E-state index contributed by atoms with van der Waals surface area (Å²) in [5, 5.41) is 6.94. The van der Waals surface area contributed by atoms with Gasteiger partial charge >= 0.3 is 6.18 Å². The van der Waals surface area contributed by atoms with Gasteiger partial charge in [0.05, 0.1) is 12.5 Å². The molecule has 1 fully saturated rings. The SMILES string of the molecule is FC(F)(F)CCc1nc(C2CCCCN2)no1. The summed E-state index contributed by atoms with van der Waals surface area (Å²) in [5.74, 6) is 0.534. The van der Waals surface area contributed by atoms with Crippen LogP contribution in [0.15, 0.2) is 4.52 Å². The molecule has 1 unspecified atom stereocenters. The summed E-state index contributed by atoms with van der Waals surface area (Å²) in [5.41, 5.74) is 0. The molecule has 0 aliphatic carbocycles. The van der Waals surface area contributed by atoms with Crippen molar-refractivity contribution in [3.05, 3.63) is 11.7 Å². The van der Waals surface area contributed by atoms with Gasteiger partial charge in [-0.3, -0.25) is 0 Å². The van der Waals surface area contributed by atoms with Crippen molar-refractivity contribution in [2.45, 2.75) is 44.3 Å². The van der Waals surface area contributed by atoms with Gasteiger partial charge in [0.15, 0.2) is 5.82 Å². The minimum absolute atomic E-state index is 0.0205. The summed E-state index contributed by atoms with van der Waals surface area (Å²) in [4.78, 5) is 4.00. The molecule has 1 atom stereocenters. The zero-order chi connectivity index (χ0) is 12.3. The van der Waals surface area contributed by atoms with Crippen molar-refractivity contribution < 1.29 is 17.7 Å². The lowest BCUT2D eigenvalue weighted by molar-refractivity contribution is -0.134. The van der Waals surface area contributed by atoms with Crippen LogP contribution in [0.2, 0.25) is 0 Å². The number of aryl methyl sites for hydroxylation is 1. The standard InChI is InChI=1S/C10H14F3N3O/c11-10(12,13)5-4-8-15-9(16-17-8)7-3-1-2-6-14-7/h7,14H,1-6H2. The molecule has 4 nitrogen and oxygen atoms in total. The lowest BCUT2D eigenvalue weighted by Crippen LogP contribution is -2.27. The molecule has 1 N–H and O–H groups in total. The second-order valence-corrected chi connectivity index (χ2v) is 4.16. The number of nitrogens with zero attached hydrogens (tertiary/aromatic N) is 2. The minimum Gasteiger partial charge on any atom is -0.339 e. The Morgan fingerprint density at radius 3 is 2.82 bits per heavy atom. The fourth-order valence-electron chi connectivity index (χ4n) is 1.83. The molecule has 1 aliphatic heterocycles. The van der Waals surface area contributed by atoms with Crippen molar-refractivity contribution in [1.82, 2.24) is 15.5 Å². The predicted octanol–water partition coefficient (Wildman–Crippen LogP) is 2.38. The van der Waals surface area contributed by atoms with E-state index < -0.39 is 12.6 Å². The van der Waals surface area contributed by atoms with E-state index in [0.29, 0.717) is 5.82 Å². The van der Waals surface area contributed by atoms with Crippen LogP contribution < -0.4 is 5.32 Å². The number of rotatable bonds is 3. The highest BCUT2D eigenvalue weighted by molar-refractivity contribution is 4.95. The zero-order valence-corrected chi connectivity index (χ0v) is 9.26. The molecule has 1 aromatic rings. The molecule has 0 spiro atoms. The number of alkyl halides is 3. The summed E-state index contributed by atoms with van der Waals surface area (Å²) >= 11 is 0. The molecule has 0 aromatic carbocycles. The Bertz CT molecular complexity index is 358. The van der Waals surface area contributed by atoms with E-state index in [9.17, 15) is 13.2 Å². The highest BCUT2D eigenvalue weighted by Gasteiger charge is 2.28. The Morgan fingerprint density at radius 1 is 1.35 bits per heavy atom. The fraction of sp³-hybridized carbons (Fsp3) is 0.800. The van der Waals surface area contributed by atoms with Crippen molar-refractivity contribution in [3.8, 4) is 0 Å². The molecular weight excluding hydrogens is 235 g/mol. The molecule has 7 heteroatoms. The van der Waals surface area contributed by atoms with Gasteiger partial charge in [0, 0.05) is 6.42 Å². The molecule has 0 saturated carbocycles.